The summed E-state index contributed by atoms with van der Waals surface area (Å²) >= 11 is 6.24. The quantitative estimate of drug-likeness (QED) is 0.441. The number of amides is 2. The van der Waals surface area contributed by atoms with E-state index < -0.39 is 46.7 Å². The summed E-state index contributed by atoms with van der Waals surface area (Å²) in [6, 6.07) is 17.0. The Bertz CT molecular complexity index is 1420. The molecule has 2 bridgehead atoms. The van der Waals surface area contributed by atoms with Gasteiger partial charge in [-0.25, -0.2) is 4.90 Å². The molecule has 35 heavy (non-hydrogen) atoms. The number of alkyl halides is 3. The van der Waals surface area contributed by atoms with Crippen LogP contribution in [-0.2, 0) is 26.0 Å². The standard InChI is InChI=1S/C27H17ClF3NO3/c1-13(33)26-17-8-4-2-6-15(17)21(16-7-3-5-9-18(16)26)22-23(26)25(35)32(24(22)34)20-12-14(27(29,30)31)10-11-19(20)28/h2-12,21-23H,1H3/t21?,22-,23-,26?/m1/s1. The van der Waals surface area contributed by atoms with Crippen LogP contribution in [0, 0.1) is 11.8 Å². The van der Waals surface area contributed by atoms with E-state index in [1.54, 1.807) is 24.3 Å². The molecule has 4 aliphatic rings. The molecule has 0 aromatic heterocycles. The van der Waals surface area contributed by atoms with Crippen LogP contribution in [0.25, 0.3) is 0 Å². The van der Waals surface area contributed by atoms with Crippen LogP contribution in [0.15, 0.2) is 66.7 Å². The van der Waals surface area contributed by atoms with Gasteiger partial charge in [-0.1, -0.05) is 60.1 Å². The Hall–Kier alpha value is -3.45. The van der Waals surface area contributed by atoms with Crippen LogP contribution < -0.4 is 4.90 Å². The molecule has 1 aliphatic heterocycles. The Morgan fingerprint density at radius 2 is 1.49 bits per heavy atom. The molecule has 0 radical (unpaired) electrons. The van der Waals surface area contributed by atoms with Gasteiger partial charge >= 0.3 is 6.18 Å². The third-order valence-electron chi connectivity index (χ3n) is 7.69. The summed E-state index contributed by atoms with van der Waals surface area (Å²) in [6.45, 7) is 1.40. The molecule has 2 atom stereocenters. The van der Waals surface area contributed by atoms with E-state index in [0.29, 0.717) is 11.1 Å². The average molecular weight is 496 g/mol. The zero-order valence-corrected chi connectivity index (χ0v) is 19.0. The van der Waals surface area contributed by atoms with Gasteiger partial charge in [-0.15, -0.1) is 0 Å². The average Bonchev–Trinajstić information content (AvgIpc) is 3.09. The maximum Gasteiger partial charge on any atom is 0.416 e. The van der Waals surface area contributed by atoms with E-state index in [9.17, 15) is 27.6 Å². The minimum atomic E-state index is -4.69. The Kier molecular flexibility index (Phi) is 4.43. The van der Waals surface area contributed by atoms with Gasteiger partial charge in [0.05, 0.1) is 33.5 Å². The van der Waals surface area contributed by atoms with E-state index in [1.807, 2.05) is 24.3 Å². The largest absolute Gasteiger partial charge is 0.416 e. The molecular formula is C27H17ClF3NO3. The molecule has 1 fully saturated rings. The Balaban J connectivity index is 1.63. The van der Waals surface area contributed by atoms with Crippen molar-refractivity contribution in [3.8, 4) is 0 Å². The first kappa shape index (κ1) is 22.0. The lowest BCUT2D eigenvalue weighted by Crippen LogP contribution is -2.57. The van der Waals surface area contributed by atoms with Crippen molar-refractivity contribution >= 4 is 34.9 Å². The lowest BCUT2D eigenvalue weighted by Gasteiger charge is -2.52. The maximum absolute atomic E-state index is 14.0. The summed E-state index contributed by atoms with van der Waals surface area (Å²) in [7, 11) is 0. The van der Waals surface area contributed by atoms with Gasteiger partial charge in [0.25, 0.3) is 0 Å². The van der Waals surface area contributed by atoms with Gasteiger partial charge in [0.15, 0.2) is 0 Å². The highest BCUT2D eigenvalue weighted by molar-refractivity contribution is 6.36. The smallest absolute Gasteiger partial charge is 0.299 e. The third-order valence-corrected chi connectivity index (χ3v) is 8.01. The van der Waals surface area contributed by atoms with Gasteiger partial charge in [0.2, 0.25) is 11.8 Å². The minimum Gasteiger partial charge on any atom is -0.299 e. The second-order valence-electron chi connectivity index (χ2n) is 9.20. The lowest BCUT2D eigenvalue weighted by atomic mass is 9.46. The highest BCUT2D eigenvalue weighted by Gasteiger charge is 2.70. The molecule has 176 valence electrons. The summed E-state index contributed by atoms with van der Waals surface area (Å²) in [5.41, 5.74) is 0.107. The van der Waals surface area contributed by atoms with E-state index >= 15 is 0 Å². The zero-order valence-electron chi connectivity index (χ0n) is 18.3. The van der Waals surface area contributed by atoms with Crippen molar-refractivity contribution in [3.63, 3.8) is 0 Å². The summed E-state index contributed by atoms with van der Waals surface area (Å²) in [4.78, 5) is 42.2. The van der Waals surface area contributed by atoms with Gasteiger partial charge in [-0.2, -0.15) is 13.2 Å². The molecule has 2 amide bonds. The summed E-state index contributed by atoms with van der Waals surface area (Å²) < 4.78 is 40.4. The fraction of sp³-hybridized carbons (Fsp3) is 0.222. The normalized spacial score (nSPS) is 26.4. The Morgan fingerprint density at radius 3 is 2.03 bits per heavy atom. The number of carbonyl (C=O) groups excluding carboxylic acids is 3. The van der Waals surface area contributed by atoms with Gasteiger partial charge in [-0.05, 0) is 47.4 Å². The number of hydrogen-bond donors (Lipinski definition) is 0. The predicted molar refractivity (Wildman–Crippen MR) is 122 cm³/mol. The van der Waals surface area contributed by atoms with Crippen molar-refractivity contribution in [1.29, 1.82) is 0 Å². The number of anilines is 1. The second kappa shape index (κ2) is 7.04. The van der Waals surface area contributed by atoms with E-state index in [1.165, 1.54) is 6.92 Å². The number of rotatable bonds is 2. The number of hydrogen-bond acceptors (Lipinski definition) is 3. The number of Topliss-reactive ketones (excluding diaryl/α,β-unsaturated/α-hetero) is 1. The summed E-state index contributed by atoms with van der Waals surface area (Å²) in [5, 5.41) is -0.155. The number of nitrogens with zero attached hydrogens (tertiary/aromatic N) is 1. The molecule has 4 nitrogen and oxygen atoms in total. The van der Waals surface area contributed by atoms with E-state index in [-0.39, 0.29) is 16.5 Å². The predicted octanol–water partition coefficient (Wildman–Crippen LogP) is 5.50. The molecule has 0 saturated carbocycles. The fourth-order valence-corrected chi connectivity index (χ4v) is 6.67. The molecule has 3 aromatic rings. The van der Waals surface area contributed by atoms with Crippen molar-refractivity contribution in [2.75, 3.05) is 4.90 Å². The van der Waals surface area contributed by atoms with E-state index in [2.05, 4.69) is 0 Å². The molecular weight excluding hydrogens is 479 g/mol. The topological polar surface area (TPSA) is 54.5 Å². The van der Waals surface area contributed by atoms with Crippen LogP contribution in [0.4, 0.5) is 18.9 Å². The first-order valence-electron chi connectivity index (χ1n) is 11.0. The van der Waals surface area contributed by atoms with Crippen molar-refractivity contribution in [3.05, 3.63) is 99.6 Å². The van der Waals surface area contributed by atoms with Crippen LogP contribution in [0.3, 0.4) is 0 Å². The maximum atomic E-state index is 14.0. The second-order valence-corrected chi connectivity index (χ2v) is 9.60. The molecule has 0 N–H and O–H groups in total. The lowest BCUT2D eigenvalue weighted by molar-refractivity contribution is -0.137. The van der Waals surface area contributed by atoms with Crippen molar-refractivity contribution in [2.24, 2.45) is 11.8 Å². The van der Waals surface area contributed by atoms with Crippen LogP contribution in [0.2, 0.25) is 5.02 Å². The Morgan fingerprint density at radius 1 is 0.914 bits per heavy atom. The Labute approximate surface area is 203 Å². The zero-order chi connectivity index (χ0) is 24.9. The minimum absolute atomic E-state index is 0.155. The summed E-state index contributed by atoms with van der Waals surface area (Å²) in [5.74, 6) is -4.22. The number of ketones is 1. The van der Waals surface area contributed by atoms with Crippen molar-refractivity contribution < 1.29 is 27.6 Å². The molecule has 7 rings (SSSR count). The number of benzene rings is 3. The number of carbonyl (C=O) groups is 3. The van der Waals surface area contributed by atoms with Crippen LogP contribution in [0.1, 0.15) is 40.7 Å². The molecule has 0 spiro atoms. The molecule has 1 heterocycles. The van der Waals surface area contributed by atoms with Gasteiger partial charge in [0.1, 0.15) is 5.78 Å². The van der Waals surface area contributed by atoms with Gasteiger partial charge < -0.3 is 0 Å². The number of imide groups is 1. The first-order valence-corrected chi connectivity index (χ1v) is 11.4. The fourth-order valence-electron chi connectivity index (χ4n) is 6.47. The van der Waals surface area contributed by atoms with Crippen LogP contribution >= 0.6 is 11.6 Å². The highest BCUT2D eigenvalue weighted by atomic mass is 35.5. The van der Waals surface area contributed by atoms with E-state index in [0.717, 1.165) is 34.2 Å². The van der Waals surface area contributed by atoms with Crippen LogP contribution in [-0.4, -0.2) is 17.6 Å². The molecule has 1 saturated heterocycles. The first-order chi connectivity index (χ1) is 16.6. The molecule has 8 heteroatoms. The van der Waals surface area contributed by atoms with Crippen LogP contribution in [0.5, 0.6) is 0 Å². The third kappa shape index (κ3) is 2.62. The summed E-state index contributed by atoms with van der Waals surface area (Å²) in [6.07, 6.45) is -4.69. The molecule has 3 aliphatic carbocycles. The van der Waals surface area contributed by atoms with Crippen molar-refractivity contribution in [1.82, 2.24) is 0 Å². The molecule has 0 unspecified atom stereocenters. The monoisotopic (exact) mass is 495 g/mol. The van der Waals surface area contributed by atoms with E-state index in [4.69, 9.17) is 11.6 Å². The SMILES string of the molecule is CC(=O)C12c3ccccc3C(c3ccccc31)[C@H]1C(=O)N(c3cc(C(F)(F)F)ccc3Cl)C(=O)[C@@H]12. The van der Waals surface area contributed by atoms with Crippen molar-refractivity contribution in [2.45, 2.75) is 24.4 Å². The van der Waals surface area contributed by atoms with Gasteiger partial charge in [-0.3, -0.25) is 14.4 Å². The van der Waals surface area contributed by atoms with Gasteiger partial charge in [0, 0.05) is 5.92 Å². The highest BCUT2D eigenvalue weighted by Crippen LogP contribution is 2.64. The molecule has 3 aromatic carbocycles. The number of halogens is 4.